The van der Waals surface area contributed by atoms with Crippen molar-refractivity contribution in [1.82, 2.24) is 10.9 Å². The molecule has 32 heavy (non-hydrogen) atoms. The number of anilines is 1. The van der Waals surface area contributed by atoms with Crippen molar-refractivity contribution in [1.29, 1.82) is 0 Å². The molecule has 3 N–H and O–H groups in total. The molecule has 162 valence electrons. The lowest BCUT2D eigenvalue weighted by Crippen LogP contribution is -2.43. The lowest BCUT2D eigenvalue weighted by Gasteiger charge is -2.12. The molecule has 0 aliphatic rings. The van der Waals surface area contributed by atoms with Gasteiger partial charge in [-0.3, -0.25) is 25.2 Å². The lowest BCUT2D eigenvalue weighted by molar-refractivity contribution is -0.128. The van der Waals surface area contributed by atoms with Gasteiger partial charge < -0.3 is 10.1 Å². The standard InChI is InChI=1S/C25H23N3O4/c1-18(29)26-21-14-11-19(12-15-21)13-16-24(30)27-28-25(31)17-32-23-10-6-5-9-22(23)20-7-3-2-4-8-20/h2-16H,17H2,1H3,(H,26,29)(H,27,30)(H,28,31)/b16-13+. The number of hydrazine groups is 1. The summed E-state index contributed by atoms with van der Waals surface area (Å²) in [4.78, 5) is 35.0. The van der Waals surface area contributed by atoms with Crippen LogP contribution in [-0.2, 0) is 14.4 Å². The molecule has 0 bridgehead atoms. The first-order chi connectivity index (χ1) is 15.5. The predicted octanol–water partition coefficient (Wildman–Crippen LogP) is 3.55. The van der Waals surface area contributed by atoms with E-state index in [1.54, 1.807) is 36.4 Å². The number of rotatable bonds is 7. The molecule has 7 heteroatoms. The van der Waals surface area contributed by atoms with Crippen molar-refractivity contribution in [3.05, 3.63) is 90.5 Å². The molecule has 0 radical (unpaired) electrons. The Morgan fingerprint density at radius 1 is 0.844 bits per heavy atom. The van der Waals surface area contributed by atoms with Crippen LogP contribution in [0.4, 0.5) is 5.69 Å². The van der Waals surface area contributed by atoms with E-state index >= 15 is 0 Å². The number of amides is 3. The highest BCUT2D eigenvalue weighted by molar-refractivity contribution is 5.93. The van der Waals surface area contributed by atoms with E-state index in [2.05, 4.69) is 16.2 Å². The SMILES string of the molecule is CC(=O)Nc1ccc(/C=C/C(=O)NNC(=O)COc2ccccc2-c2ccccc2)cc1. The van der Waals surface area contributed by atoms with Gasteiger partial charge in [0.15, 0.2) is 6.61 Å². The molecule has 0 aliphatic heterocycles. The van der Waals surface area contributed by atoms with Crippen LogP contribution < -0.4 is 20.9 Å². The zero-order valence-electron chi connectivity index (χ0n) is 17.5. The number of hydrogen-bond donors (Lipinski definition) is 3. The van der Waals surface area contributed by atoms with Gasteiger partial charge in [-0.05, 0) is 35.4 Å². The molecule has 0 spiro atoms. The van der Waals surface area contributed by atoms with Crippen molar-refractivity contribution < 1.29 is 19.1 Å². The third-order valence-corrected chi connectivity index (χ3v) is 4.31. The van der Waals surface area contributed by atoms with E-state index in [1.165, 1.54) is 13.0 Å². The average molecular weight is 429 g/mol. The second-order valence-corrected chi connectivity index (χ2v) is 6.82. The molecule has 0 fully saturated rings. The summed E-state index contributed by atoms with van der Waals surface area (Å²) in [5, 5.41) is 2.66. The maximum Gasteiger partial charge on any atom is 0.276 e. The summed E-state index contributed by atoms with van der Waals surface area (Å²) in [5.74, 6) is -0.568. The summed E-state index contributed by atoms with van der Waals surface area (Å²) in [7, 11) is 0. The van der Waals surface area contributed by atoms with Crippen molar-refractivity contribution in [3.8, 4) is 16.9 Å². The summed E-state index contributed by atoms with van der Waals surface area (Å²) >= 11 is 0. The van der Waals surface area contributed by atoms with E-state index in [4.69, 9.17) is 4.74 Å². The van der Waals surface area contributed by atoms with Gasteiger partial charge >= 0.3 is 0 Å². The molecule has 0 saturated heterocycles. The Labute approximate surface area is 186 Å². The maximum atomic E-state index is 12.1. The minimum absolute atomic E-state index is 0.157. The fourth-order valence-electron chi connectivity index (χ4n) is 2.85. The normalized spacial score (nSPS) is 10.4. The van der Waals surface area contributed by atoms with Crippen LogP contribution >= 0.6 is 0 Å². The highest BCUT2D eigenvalue weighted by Gasteiger charge is 2.08. The number of ether oxygens (including phenoxy) is 1. The monoisotopic (exact) mass is 429 g/mol. The predicted molar refractivity (Wildman–Crippen MR) is 123 cm³/mol. The van der Waals surface area contributed by atoms with E-state index in [0.29, 0.717) is 11.4 Å². The van der Waals surface area contributed by atoms with E-state index < -0.39 is 11.8 Å². The van der Waals surface area contributed by atoms with Gasteiger partial charge in [0.25, 0.3) is 11.8 Å². The number of para-hydroxylation sites is 1. The van der Waals surface area contributed by atoms with Gasteiger partial charge in [-0.1, -0.05) is 60.7 Å². The van der Waals surface area contributed by atoms with Crippen LogP contribution in [0.25, 0.3) is 17.2 Å². The first-order valence-corrected chi connectivity index (χ1v) is 9.93. The average Bonchev–Trinajstić information content (AvgIpc) is 2.81. The highest BCUT2D eigenvalue weighted by Crippen LogP contribution is 2.29. The Bertz CT molecular complexity index is 1110. The van der Waals surface area contributed by atoms with Crippen LogP contribution in [0.2, 0.25) is 0 Å². The zero-order chi connectivity index (χ0) is 22.8. The first-order valence-electron chi connectivity index (χ1n) is 9.93. The molecular formula is C25H23N3O4. The minimum atomic E-state index is -0.492. The molecule has 0 atom stereocenters. The van der Waals surface area contributed by atoms with Crippen LogP contribution in [0.1, 0.15) is 12.5 Å². The Kier molecular flexibility index (Phi) is 7.75. The molecule has 0 aliphatic carbocycles. The molecule has 0 heterocycles. The highest BCUT2D eigenvalue weighted by atomic mass is 16.5. The van der Waals surface area contributed by atoms with Crippen LogP contribution in [0.3, 0.4) is 0 Å². The molecule has 3 aromatic carbocycles. The van der Waals surface area contributed by atoms with E-state index in [-0.39, 0.29) is 12.5 Å². The summed E-state index contributed by atoms with van der Waals surface area (Å²) in [6.07, 6.45) is 2.88. The topological polar surface area (TPSA) is 96.5 Å². The van der Waals surface area contributed by atoms with E-state index in [0.717, 1.165) is 16.7 Å². The molecule has 3 aromatic rings. The smallest absolute Gasteiger partial charge is 0.276 e. The van der Waals surface area contributed by atoms with E-state index in [9.17, 15) is 14.4 Å². The largest absolute Gasteiger partial charge is 0.483 e. The Morgan fingerprint density at radius 2 is 1.53 bits per heavy atom. The third-order valence-electron chi connectivity index (χ3n) is 4.31. The summed E-state index contributed by atoms with van der Waals surface area (Å²) in [6, 6.07) is 24.1. The Hall–Kier alpha value is -4.39. The van der Waals surface area contributed by atoms with Gasteiger partial charge in [0.1, 0.15) is 5.75 Å². The molecule has 0 aromatic heterocycles. The molecule has 0 saturated carbocycles. The molecular weight excluding hydrogens is 406 g/mol. The lowest BCUT2D eigenvalue weighted by atomic mass is 10.1. The Morgan fingerprint density at radius 3 is 2.25 bits per heavy atom. The summed E-state index contributed by atoms with van der Waals surface area (Å²) in [5.41, 5.74) is 7.91. The molecule has 3 rings (SSSR count). The maximum absolute atomic E-state index is 12.1. The van der Waals surface area contributed by atoms with Gasteiger partial charge in [0.2, 0.25) is 5.91 Å². The first kappa shape index (κ1) is 22.3. The number of carbonyl (C=O) groups is 3. The van der Waals surface area contributed by atoms with Crippen molar-refractivity contribution in [2.24, 2.45) is 0 Å². The fraction of sp³-hybridized carbons (Fsp3) is 0.0800. The van der Waals surface area contributed by atoms with Gasteiger partial charge in [0, 0.05) is 24.3 Å². The number of hydrogen-bond acceptors (Lipinski definition) is 4. The van der Waals surface area contributed by atoms with Crippen molar-refractivity contribution in [2.75, 3.05) is 11.9 Å². The molecule has 3 amide bonds. The fourth-order valence-corrected chi connectivity index (χ4v) is 2.85. The quantitative estimate of drug-likeness (QED) is 0.395. The van der Waals surface area contributed by atoms with Crippen LogP contribution in [-0.4, -0.2) is 24.3 Å². The second-order valence-electron chi connectivity index (χ2n) is 6.82. The van der Waals surface area contributed by atoms with Crippen molar-refractivity contribution >= 4 is 29.5 Å². The second kappa shape index (κ2) is 11.1. The van der Waals surface area contributed by atoms with Crippen LogP contribution in [0.15, 0.2) is 84.9 Å². The van der Waals surface area contributed by atoms with Gasteiger partial charge in [-0.15, -0.1) is 0 Å². The van der Waals surface area contributed by atoms with Crippen molar-refractivity contribution in [2.45, 2.75) is 6.92 Å². The van der Waals surface area contributed by atoms with Gasteiger partial charge in [0.05, 0.1) is 0 Å². The van der Waals surface area contributed by atoms with E-state index in [1.807, 2.05) is 48.5 Å². The van der Waals surface area contributed by atoms with Crippen molar-refractivity contribution in [3.63, 3.8) is 0 Å². The third kappa shape index (κ3) is 6.84. The van der Waals surface area contributed by atoms with Crippen LogP contribution in [0, 0.1) is 0 Å². The number of carbonyl (C=O) groups excluding carboxylic acids is 3. The molecule has 0 unspecified atom stereocenters. The zero-order valence-corrected chi connectivity index (χ0v) is 17.5. The van der Waals surface area contributed by atoms with Gasteiger partial charge in [-0.2, -0.15) is 0 Å². The number of benzene rings is 3. The minimum Gasteiger partial charge on any atom is -0.483 e. The number of nitrogens with one attached hydrogen (secondary N) is 3. The van der Waals surface area contributed by atoms with Crippen LogP contribution in [0.5, 0.6) is 5.75 Å². The van der Waals surface area contributed by atoms with Gasteiger partial charge in [-0.25, -0.2) is 0 Å². The summed E-state index contributed by atoms with van der Waals surface area (Å²) in [6.45, 7) is 1.18. The summed E-state index contributed by atoms with van der Waals surface area (Å²) < 4.78 is 5.64. The molecule has 7 nitrogen and oxygen atoms in total. The Balaban J connectivity index is 1.47.